The van der Waals surface area contributed by atoms with Crippen LogP contribution in [0.4, 0.5) is 5.69 Å². The number of thioether (sulfide) groups is 1. The highest BCUT2D eigenvalue weighted by molar-refractivity contribution is 8.15. The van der Waals surface area contributed by atoms with Gasteiger partial charge in [-0.25, -0.2) is 0 Å². The number of halogens is 1. The molecule has 1 fully saturated rings. The molecule has 0 bridgehead atoms. The first-order valence-electron chi connectivity index (χ1n) is 6.67. The predicted octanol–water partition coefficient (Wildman–Crippen LogP) is 2.30. The normalized spacial score (nSPS) is 16.7. The largest absolute Gasteiger partial charge is 0.371 e. The maximum Gasteiger partial charge on any atom is 0.236 e. The van der Waals surface area contributed by atoms with Crippen LogP contribution in [-0.2, 0) is 4.79 Å². The Morgan fingerprint density at radius 1 is 1.43 bits per heavy atom. The monoisotopic (exact) mass is 324 g/mol. The van der Waals surface area contributed by atoms with E-state index in [4.69, 9.17) is 11.6 Å². The highest BCUT2D eigenvalue weighted by Crippen LogP contribution is 2.14. The van der Waals surface area contributed by atoms with Crippen molar-refractivity contribution < 1.29 is 4.79 Å². The molecule has 5 nitrogen and oxygen atoms in total. The molecule has 1 aromatic carbocycles. The topological polar surface area (TPSA) is 57.1 Å². The van der Waals surface area contributed by atoms with Gasteiger partial charge in [0, 0.05) is 24.7 Å². The zero-order chi connectivity index (χ0) is 15.1. The van der Waals surface area contributed by atoms with Crippen LogP contribution in [0.15, 0.2) is 34.5 Å². The van der Waals surface area contributed by atoms with Gasteiger partial charge in [0.05, 0.1) is 12.0 Å². The number of hydrogen-bond acceptors (Lipinski definition) is 5. The molecule has 1 heterocycles. The fraction of sp³-hybridized carbons (Fsp3) is 0.357. The summed E-state index contributed by atoms with van der Waals surface area (Å²) in [5, 5.41) is 11.1. The standard InChI is InChI=1S/C14H17ClN4OS/c1-2-19(8-7-15)12-5-3-11(4-6-12)9-16-18-14-17-13(20)10-21-14/h3-6,9H,2,7-8,10H2,1H3,(H,17,18,20). The Morgan fingerprint density at radius 2 is 2.19 bits per heavy atom. The highest BCUT2D eigenvalue weighted by atomic mass is 35.5. The molecule has 0 aromatic heterocycles. The molecule has 0 spiro atoms. The van der Waals surface area contributed by atoms with E-state index in [2.05, 4.69) is 27.3 Å². The van der Waals surface area contributed by atoms with Crippen LogP contribution in [0.1, 0.15) is 12.5 Å². The average molecular weight is 325 g/mol. The van der Waals surface area contributed by atoms with Gasteiger partial charge >= 0.3 is 0 Å². The van der Waals surface area contributed by atoms with Gasteiger partial charge in [-0.15, -0.1) is 16.7 Å². The van der Waals surface area contributed by atoms with Gasteiger partial charge in [0.2, 0.25) is 5.91 Å². The van der Waals surface area contributed by atoms with E-state index in [0.29, 0.717) is 16.8 Å². The summed E-state index contributed by atoms with van der Waals surface area (Å²) in [6.07, 6.45) is 1.67. The molecule has 1 aromatic rings. The van der Waals surface area contributed by atoms with Gasteiger partial charge < -0.3 is 10.2 Å². The van der Waals surface area contributed by atoms with Crippen molar-refractivity contribution in [3.8, 4) is 0 Å². The third kappa shape index (κ3) is 4.75. The van der Waals surface area contributed by atoms with E-state index >= 15 is 0 Å². The van der Waals surface area contributed by atoms with Crippen molar-refractivity contribution in [1.82, 2.24) is 5.32 Å². The lowest BCUT2D eigenvalue weighted by atomic mass is 10.2. The van der Waals surface area contributed by atoms with E-state index in [1.54, 1.807) is 6.21 Å². The number of rotatable bonds is 6. The molecule has 0 radical (unpaired) electrons. The summed E-state index contributed by atoms with van der Waals surface area (Å²) >= 11 is 7.14. The van der Waals surface area contributed by atoms with Crippen LogP contribution in [0.25, 0.3) is 0 Å². The van der Waals surface area contributed by atoms with Crippen molar-refractivity contribution in [2.24, 2.45) is 10.2 Å². The van der Waals surface area contributed by atoms with Crippen LogP contribution in [0.3, 0.4) is 0 Å². The lowest BCUT2D eigenvalue weighted by molar-refractivity contribution is -0.116. The average Bonchev–Trinajstić information content (AvgIpc) is 2.91. The van der Waals surface area contributed by atoms with Gasteiger partial charge in [-0.2, -0.15) is 5.10 Å². The number of alkyl halides is 1. The maximum absolute atomic E-state index is 11.0. The Balaban J connectivity index is 1.97. The molecular formula is C14H17ClN4OS. The number of nitrogens with one attached hydrogen (secondary N) is 1. The molecule has 1 saturated heterocycles. The van der Waals surface area contributed by atoms with Crippen molar-refractivity contribution in [3.05, 3.63) is 29.8 Å². The molecular weight excluding hydrogens is 308 g/mol. The number of anilines is 1. The van der Waals surface area contributed by atoms with E-state index in [0.717, 1.165) is 24.3 Å². The SMILES string of the molecule is CCN(CCCl)c1ccc(C=NN=C2NC(=O)CS2)cc1. The molecule has 1 amide bonds. The second kappa shape index (κ2) is 8.05. The first-order chi connectivity index (χ1) is 10.2. The minimum Gasteiger partial charge on any atom is -0.371 e. The Hall–Kier alpha value is -1.53. The summed E-state index contributed by atoms with van der Waals surface area (Å²) in [5.74, 6) is 0.992. The van der Waals surface area contributed by atoms with Crippen LogP contribution in [0.2, 0.25) is 0 Å². The summed E-state index contributed by atoms with van der Waals surface area (Å²) in [7, 11) is 0. The van der Waals surface area contributed by atoms with E-state index in [1.807, 2.05) is 24.3 Å². The molecule has 1 aliphatic rings. The molecule has 0 unspecified atom stereocenters. The molecule has 0 saturated carbocycles. The first-order valence-corrected chi connectivity index (χ1v) is 8.19. The number of carbonyl (C=O) groups excluding carboxylic acids is 1. The number of nitrogens with zero attached hydrogens (tertiary/aromatic N) is 3. The van der Waals surface area contributed by atoms with Gasteiger partial charge in [0.1, 0.15) is 0 Å². The minimum absolute atomic E-state index is 0.0303. The van der Waals surface area contributed by atoms with Crippen molar-refractivity contribution >= 4 is 46.3 Å². The lowest BCUT2D eigenvalue weighted by Gasteiger charge is -2.21. The van der Waals surface area contributed by atoms with Crippen LogP contribution < -0.4 is 10.2 Å². The summed E-state index contributed by atoms with van der Waals surface area (Å²) in [6.45, 7) is 3.85. The Labute approximate surface area is 133 Å². The quantitative estimate of drug-likeness (QED) is 0.496. The second-order valence-electron chi connectivity index (χ2n) is 4.35. The molecule has 7 heteroatoms. The molecule has 1 N–H and O–H groups in total. The highest BCUT2D eigenvalue weighted by Gasteiger charge is 2.15. The van der Waals surface area contributed by atoms with Crippen LogP contribution in [-0.4, -0.2) is 42.0 Å². The predicted molar refractivity (Wildman–Crippen MR) is 90.7 cm³/mol. The van der Waals surface area contributed by atoms with Crippen molar-refractivity contribution in [2.75, 3.05) is 29.6 Å². The van der Waals surface area contributed by atoms with Crippen molar-refractivity contribution in [1.29, 1.82) is 0 Å². The molecule has 21 heavy (non-hydrogen) atoms. The minimum atomic E-state index is -0.0303. The molecule has 0 atom stereocenters. The maximum atomic E-state index is 11.0. The zero-order valence-corrected chi connectivity index (χ0v) is 13.3. The van der Waals surface area contributed by atoms with E-state index in [9.17, 15) is 4.79 Å². The van der Waals surface area contributed by atoms with Crippen LogP contribution >= 0.6 is 23.4 Å². The Morgan fingerprint density at radius 3 is 2.76 bits per heavy atom. The van der Waals surface area contributed by atoms with Crippen LogP contribution in [0, 0.1) is 0 Å². The fourth-order valence-electron chi connectivity index (χ4n) is 1.87. The Kier molecular flexibility index (Phi) is 6.07. The van der Waals surface area contributed by atoms with Gasteiger partial charge in [-0.05, 0) is 24.6 Å². The number of amidine groups is 1. The molecule has 112 valence electrons. The summed E-state index contributed by atoms with van der Waals surface area (Å²) in [6, 6.07) is 8.04. The number of amides is 1. The van der Waals surface area contributed by atoms with Crippen molar-refractivity contribution in [2.45, 2.75) is 6.92 Å². The number of benzene rings is 1. The molecule has 2 rings (SSSR count). The zero-order valence-electron chi connectivity index (χ0n) is 11.8. The van der Waals surface area contributed by atoms with Crippen LogP contribution in [0.5, 0.6) is 0 Å². The molecule has 0 aliphatic carbocycles. The van der Waals surface area contributed by atoms with Gasteiger partial charge in [0.15, 0.2) is 5.17 Å². The van der Waals surface area contributed by atoms with Gasteiger partial charge in [-0.1, -0.05) is 23.9 Å². The van der Waals surface area contributed by atoms with Gasteiger partial charge in [-0.3, -0.25) is 4.79 Å². The summed E-state index contributed by atoms with van der Waals surface area (Å²) in [5.41, 5.74) is 2.10. The third-order valence-corrected chi connectivity index (χ3v) is 3.97. The Bertz CT molecular complexity index is 544. The lowest BCUT2D eigenvalue weighted by Crippen LogP contribution is -2.24. The van der Waals surface area contributed by atoms with Crippen molar-refractivity contribution in [3.63, 3.8) is 0 Å². The first kappa shape index (κ1) is 15.9. The summed E-state index contributed by atoms with van der Waals surface area (Å²) in [4.78, 5) is 13.2. The number of hydrogen-bond donors (Lipinski definition) is 1. The second-order valence-corrected chi connectivity index (χ2v) is 5.69. The third-order valence-electron chi connectivity index (χ3n) is 2.94. The van der Waals surface area contributed by atoms with E-state index in [1.165, 1.54) is 11.8 Å². The smallest absolute Gasteiger partial charge is 0.236 e. The number of carbonyl (C=O) groups is 1. The van der Waals surface area contributed by atoms with E-state index < -0.39 is 0 Å². The van der Waals surface area contributed by atoms with E-state index in [-0.39, 0.29) is 5.91 Å². The van der Waals surface area contributed by atoms with Gasteiger partial charge in [0.25, 0.3) is 0 Å². The summed E-state index contributed by atoms with van der Waals surface area (Å²) < 4.78 is 0. The fourth-order valence-corrected chi connectivity index (χ4v) is 2.71. The molecule has 1 aliphatic heterocycles.